The van der Waals surface area contributed by atoms with Gasteiger partial charge in [-0.15, -0.1) is 11.6 Å². The molecule has 0 aliphatic rings. The monoisotopic (exact) mass is 217 g/mol. The number of halogens is 4. The fourth-order valence-corrected chi connectivity index (χ4v) is 1.50. The summed E-state index contributed by atoms with van der Waals surface area (Å²) >= 11 is 5.62. The van der Waals surface area contributed by atoms with Crippen LogP contribution < -0.4 is 5.32 Å². The molecule has 0 bridgehead atoms. The zero-order valence-electron chi connectivity index (χ0n) is 7.84. The molecule has 0 saturated carbocycles. The van der Waals surface area contributed by atoms with Crippen LogP contribution in [0.1, 0.15) is 26.7 Å². The summed E-state index contributed by atoms with van der Waals surface area (Å²) in [6.07, 6.45) is -2.96. The second-order valence-electron chi connectivity index (χ2n) is 3.09. The van der Waals surface area contributed by atoms with Gasteiger partial charge in [-0.3, -0.25) is 0 Å². The first kappa shape index (κ1) is 13.0. The quantitative estimate of drug-likeness (QED) is 0.699. The fraction of sp³-hybridized carbons (Fsp3) is 1.00. The number of rotatable bonds is 5. The van der Waals surface area contributed by atoms with Crippen LogP contribution in [0.25, 0.3) is 0 Å². The van der Waals surface area contributed by atoms with E-state index in [-0.39, 0.29) is 5.88 Å². The number of alkyl halides is 4. The third-order valence-corrected chi connectivity index (χ3v) is 2.78. The number of hydrogen-bond donors (Lipinski definition) is 1. The van der Waals surface area contributed by atoms with Crippen LogP contribution in [-0.4, -0.2) is 24.1 Å². The van der Waals surface area contributed by atoms with Gasteiger partial charge in [0.05, 0.1) is 6.54 Å². The van der Waals surface area contributed by atoms with Gasteiger partial charge in [0.15, 0.2) is 0 Å². The van der Waals surface area contributed by atoms with Crippen molar-refractivity contribution in [3.63, 3.8) is 0 Å². The molecule has 1 nitrogen and oxygen atoms in total. The lowest BCUT2D eigenvalue weighted by Crippen LogP contribution is -2.49. The summed E-state index contributed by atoms with van der Waals surface area (Å²) in [7, 11) is 0. The molecule has 13 heavy (non-hydrogen) atoms. The third kappa shape index (κ3) is 4.72. The molecule has 0 heterocycles. The van der Waals surface area contributed by atoms with Gasteiger partial charge in [-0.2, -0.15) is 13.2 Å². The Labute approximate surface area is 81.6 Å². The van der Waals surface area contributed by atoms with E-state index >= 15 is 0 Å². The maximum absolute atomic E-state index is 11.9. The minimum Gasteiger partial charge on any atom is -0.302 e. The van der Waals surface area contributed by atoms with Crippen LogP contribution >= 0.6 is 11.6 Å². The second kappa shape index (κ2) is 5.05. The molecule has 0 fully saturated rings. The molecule has 0 radical (unpaired) electrons. The smallest absolute Gasteiger partial charge is 0.302 e. The van der Waals surface area contributed by atoms with Crippen LogP contribution in [0.15, 0.2) is 0 Å². The highest BCUT2D eigenvalue weighted by atomic mass is 35.5. The molecule has 0 atom stereocenters. The Kier molecular flexibility index (Phi) is 5.07. The predicted molar refractivity (Wildman–Crippen MR) is 48.1 cm³/mol. The first-order valence-electron chi connectivity index (χ1n) is 4.27. The molecule has 0 aliphatic heterocycles. The Balaban J connectivity index is 4.11. The Hall–Kier alpha value is 0.0400. The second-order valence-corrected chi connectivity index (χ2v) is 3.36. The van der Waals surface area contributed by atoms with Gasteiger partial charge in [-0.25, -0.2) is 0 Å². The van der Waals surface area contributed by atoms with Gasteiger partial charge < -0.3 is 5.32 Å². The summed E-state index contributed by atoms with van der Waals surface area (Å²) in [5.41, 5.74) is -0.572. The van der Waals surface area contributed by atoms with Crippen molar-refractivity contribution in [2.75, 3.05) is 12.4 Å². The molecular weight excluding hydrogens is 203 g/mol. The van der Waals surface area contributed by atoms with Crippen molar-refractivity contribution in [3.05, 3.63) is 0 Å². The molecule has 0 aliphatic carbocycles. The lowest BCUT2D eigenvalue weighted by Gasteiger charge is -2.31. The van der Waals surface area contributed by atoms with Crippen LogP contribution in [-0.2, 0) is 0 Å². The first-order chi connectivity index (χ1) is 5.89. The number of hydrogen-bond acceptors (Lipinski definition) is 1. The molecule has 1 N–H and O–H groups in total. The van der Waals surface area contributed by atoms with E-state index in [0.29, 0.717) is 12.8 Å². The van der Waals surface area contributed by atoms with E-state index in [2.05, 4.69) is 5.32 Å². The molecule has 0 amide bonds. The van der Waals surface area contributed by atoms with Crippen LogP contribution in [0.4, 0.5) is 13.2 Å². The Morgan fingerprint density at radius 1 is 1.15 bits per heavy atom. The minimum absolute atomic E-state index is 0.204. The van der Waals surface area contributed by atoms with Crippen molar-refractivity contribution in [1.82, 2.24) is 5.32 Å². The summed E-state index contributed by atoms with van der Waals surface area (Å²) in [5.74, 6) is 0.204. The lowest BCUT2D eigenvalue weighted by molar-refractivity contribution is -0.128. The fourth-order valence-electron chi connectivity index (χ4n) is 1.02. The number of nitrogens with one attached hydrogen (secondary N) is 1. The molecule has 0 aromatic heterocycles. The van der Waals surface area contributed by atoms with Gasteiger partial charge in [0.2, 0.25) is 0 Å². The van der Waals surface area contributed by atoms with Gasteiger partial charge in [-0.1, -0.05) is 13.8 Å². The van der Waals surface area contributed by atoms with Gasteiger partial charge >= 0.3 is 6.18 Å². The maximum atomic E-state index is 11.9. The van der Waals surface area contributed by atoms with Crippen molar-refractivity contribution < 1.29 is 13.2 Å². The van der Waals surface area contributed by atoms with Crippen molar-refractivity contribution in [1.29, 1.82) is 0 Å². The molecular formula is C8H15ClF3N. The van der Waals surface area contributed by atoms with Gasteiger partial charge in [0.25, 0.3) is 0 Å². The van der Waals surface area contributed by atoms with E-state index < -0.39 is 18.3 Å². The summed E-state index contributed by atoms with van der Waals surface area (Å²) in [4.78, 5) is 0. The highest BCUT2D eigenvalue weighted by Crippen LogP contribution is 2.20. The van der Waals surface area contributed by atoms with Crippen LogP contribution in [0.5, 0.6) is 0 Å². The molecule has 80 valence electrons. The highest BCUT2D eigenvalue weighted by Gasteiger charge is 2.32. The summed E-state index contributed by atoms with van der Waals surface area (Å²) in [6.45, 7) is 2.69. The van der Waals surface area contributed by atoms with Crippen LogP contribution in [0.2, 0.25) is 0 Å². The van der Waals surface area contributed by atoms with Gasteiger partial charge in [0, 0.05) is 11.4 Å². The largest absolute Gasteiger partial charge is 0.401 e. The first-order valence-corrected chi connectivity index (χ1v) is 4.80. The van der Waals surface area contributed by atoms with Crippen molar-refractivity contribution in [3.8, 4) is 0 Å². The maximum Gasteiger partial charge on any atom is 0.401 e. The Morgan fingerprint density at radius 2 is 1.62 bits per heavy atom. The van der Waals surface area contributed by atoms with E-state index in [4.69, 9.17) is 11.6 Å². The van der Waals surface area contributed by atoms with Crippen LogP contribution in [0, 0.1) is 0 Å². The lowest BCUT2D eigenvalue weighted by atomic mass is 9.95. The van der Waals surface area contributed by atoms with Crippen molar-refractivity contribution >= 4 is 11.6 Å². The Bertz CT molecular complexity index is 135. The predicted octanol–water partition coefficient (Wildman–Crippen LogP) is 2.94. The van der Waals surface area contributed by atoms with Crippen LogP contribution in [0.3, 0.4) is 0 Å². The van der Waals surface area contributed by atoms with E-state index in [0.717, 1.165) is 0 Å². The standard InChI is InChI=1S/C8H15ClF3N/c1-3-7(4-2,5-9)13-6-8(10,11)12/h13H,3-6H2,1-2H3. The molecule has 0 spiro atoms. The molecule has 0 aromatic rings. The SMILES string of the molecule is CCC(CC)(CCl)NCC(F)(F)F. The van der Waals surface area contributed by atoms with E-state index in [9.17, 15) is 13.2 Å². The molecule has 0 rings (SSSR count). The third-order valence-electron chi connectivity index (χ3n) is 2.27. The van der Waals surface area contributed by atoms with Crippen molar-refractivity contribution in [2.45, 2.75) is 38.4 Å². The highest BCUT2D eigenvalue weighted by molar-refractivity contribution is 6.18. The van der Waals surface area contributed by atoms with Crippen molar-refractivity contribution in [2.24, 2.45) is 0 Å². The Morgan fingerprint density at radius 3 is 1.85 bits per heavy atom. The van der Waals surface area contributed by atoms with Gasteiger partial charge in [-0.05, 0) is 12.8 Å². The van der Waals surface area contributed by atoms with E-state index in [1.165, 1.54) is 0 Å². The summed E-state index contributed by atoms with van der Waals surface area (Å²) in [6, 6.07) is 0. The molecule has 0 unspecified atom stereocenters. The molecule has 0 aromatic carbocycles. The average Bonchev–Trinajstić information content (AvgIpc) is 2.06. The topological polar surface area (TPSA) is 12.0 Å². The minimum atomic E-state index is -4.17. The summed E-state index contributed by atoms with van der Waals surface area (Å²) in [5, 5.41) is 2.47. The molecule has 0 saturated heterocycles. The zero-order valence-corrected chi connectivity index (χ0v) is 8.60. The molecule has 5 heteroatoms. The van der Waals surface area contributed by atoms with Gasteiger partial charge in [0.1, 0.15) is 0 Å². The van der Waals surface area contributed by atoms with E-state index in [1.807, 2.05) is 13.8 Å². The van der Waals surface area contributed by atoms with E-state index in [1.54, 1.807) is 0 Å². The average molecular weight is 218 g/mol. The zero-order chi connectivity index (χ0) is 10.5. The summed E-state index contributed by atoms with van der Waals surface area (Å²) < 4.78 is 35.7. The normalized spacial score (nSPS) is 13.4.